The molecule has 0 spiro atoms. The van der Waals surface area contributed by atoms with Crippen molar-refractivity contribution in [3.05, 3.63) is 24.0 Å². The van der Waals surface area contributed by atoms with Gasteiger partial charge in [-0.15, -0.1) is 5.10 Å². The van der Waals surface area contributed by atoms with E-state index in [2.05, 4.69) is 15.5 Å². The minimum Gasteiger partial charge on any atom is -0.396 e. The third-order valence-electron chi connectivity index (χ3n) is 3.92. The number of aromatic nitrogens is 4. The van der Waals surface area contributed by atoms with Crippen LogP contribution in [-0.4, -0.2) is 20.2 Å². The summed E-state index contributed by atoms with van der Waals surface area (Å²) >= 11 is 0. The molecule has 2 N–H and O–H groups in total. The molecule has 3 rings (SSSR count). The lowest BCUT2D eigenvalue weighted by atomic mass is 10.1. The first kappa shape index (κ1) is 13.0. The van der Waals surface area contributed by atoms with Gasteiger partial charge in [-0.2, -0.15) is 0 Å². The molecule has 1 aliphatic rings. The fourth-order valence-electron chi connectivity index (χ4n) is 2.81. The fraction of sp³-hybridized carbons (Fsp3) is 0.500. The Labute approximate surface area is 117 Å². The van der Waals surface area contributed by atoms with Crippen molar-refractivity contribution >= 4 is 5.69 Å². The first-order chi connectivity index (χ1) is 9.75. The Morgan fingerprint density at radius 2 is 1.90 bits per heavy atom. The smallest absolute Gasteiger partial charge is 0.182 e. The Balaban J connectivity index is 1.94. The molecule has 6 heteroatoms. The van der Waals surface area contributed by atoms with Crippen LogP contribution in [0.4, 0.5) is 10.1 Å². The molecule has 0 amide bonds. The lowest BCUT2D eigenvalue weighted by molar-refractivity contribution is 0.400. The zero-order valence-corrected chi connectivity index (χ0v) is 11.3. The third kappa shape index (κ3) is 2.50. The van der Waals surface area contributed by atoms with Crippen LogP contribution in [0.3, 0.4) is 0 Å². The molecule has 1 aromatic carbocycles. The van der Waals surface area contributed by atoms with E-state index >= 15 is 0 Å². The maximum atomic E-state index is 13.3. The maximum Gasteiger partial charge on any atom is 0.182 e. The quantitative estimate of drug-likeness (QED) is 0.675. The highest BCUT2D eigenvalue weighted by Gasteiger charge is 2.20. The van der Waals surface area contributed by atoms with Crippen LogP contribution in [0.5, 0.6) is 0 Å². The van der Waals surface area contributed by atoms with Crippen LogP contribution in [0.25, 0.3) is 11.4 Å². The van der Waals surface area contributed by atoms with E-state index in [1.54, 1.807) is 12.1 Å². The Bertz CT molecular complexity index is 587. The molecule has 1 aliphatic carbocycles. The minimum absolute atomic E-state index is 0.123. The van der Waals surface area contributed by atoms with Crippen LogP contribution < -0.4 is 5.73 Å². The van der Waals surface area contributed by atoms with Crippen molar-refractivity contribution in [1.29, 1.82) is 0 Å². The molecular formula is C14H18FN5. The fourth-order valence-corrected chi connectivity index (χ4v) is 2.81. The number of nitrogens with zero attached hydrogens (tertiary/aromatic N) is 4. The summed E-state index contributed by atoms with van der Waals surface area (Å²) in [7, 11) is 0. The van der Waals surface area contributed by atoms with Gasteiger partial charge in [-0.3, -0.25) is 0 Å². The molecule has 0 aliphatic heterocycles. The highest BCUT2D eigenvalue weighted by atomic mass is 19.1. The van der Waals surface area contributed by atoms with Gasteiger partial charge in [0, 0.05) is 5.56 Å². The van der Waals surface area contributed by atoms with Gasteiger partial charge in [-0.25, -0.2) is 9.07 Å². The summed E-state index contributed by atoms with van der Waals surface area (Å²) in [6.07, 6.45) is 7.14. The van der Waals surface area contributed by atoms with Gasteiger partial charge in [0.25, 0.3) is 0 Å². The molecule has 0 bridgehead atoms. The summed E-state index contributed by atoms with van der Waals surface area (Å²) in [4.78, 5) is 0. The van der Waals surface area contributed by atoms with Crippen molar-refractivity contribution in [1.82, 2.24) is 20.2 Å². The van der Waals surface area contributed by atoms with Crippen molar-refractivity contribution in [2.24, 2.45) is 0 Å². The SMILES string of the molecule is Nc1cc(-c2nnnn2C2CCCCCC2)ccc1F. The summed E-state index contributed by atoms with van der Waals surface area (Å²) in [5.41, 5.74) is 6.51. The number of rotatable bonds is 2. The predicted octanol–water partition coefficient (Wildman–Crippen LogP) is 2.96. The van der Waals surface area contributed by atoms with E-state index in [9.17, 15) is 4.39 Å². The van der Waals surface area contributed by atoms with Crippen LogP contribution in [0, 0.1) is 5.82 Å². The summed E-state index contributed by atoms with van der Waals surface area (Å²) in [5, 5.41) is 12.0. The normalized spacial score (nSPS) is 17.1. The van der Waals surface area contributed by atoms with Gasteiger partial charge in [-0.1, -0.05) is 25.7 Å². The second kappa shape index (κ2) is 5.56. The van der Waals surface area contributed by atoms with Gasteiger partial charge in [-0.05, 0) is 41.5 Å². The van der Waals surface area contributed by atoms with Crippen LogP contribution in [-0.2, 0) is 0 Å². The molecule has 0 unspecified atom stereocenters. The molecule has 0 atom stereocenters. The highest BCUT2D eigenvalue weighted by Crippen LogP contribution is 2.30. The number of nitrogens with two attached hydrogens (primary N) is 1. The van der Waals surface area contributed by atoms with Gasteiger partial charge in [0.1, 0.15) is 5.82 Å². The average molecular weight is 275 g/mol. The number of tetrazole rings is 1. The second-order valence-corrected chi connectivity index (χ2v) is 5.33. The zero-order valence-electron chi connectivity index (χ0n) is 11.3. The van der Waals surface area contributed by atoms with Crippen molar-refractivity contribution < 1.29 is 4.39 Å². The molecule has 1 fully saturated rings. The Morgan fingerprint density at radius 1 is 1.15 bits per heavy atom. The summed E-state index contributed by atoms with van der Waals surface area (Å²) in [5.74, 6) is 0.255. The molecule has 2 aromatic rings. The predicted molar refractivity (Wildman–Crippen MR) is 74.4 cm³/mol. The molecule has 5 nitrogen and oxygen atoms in total. The monoisotopic (exact) mass is 275 g/mol. The van der Waals surface area contributed by atoms with Crippen LogP contribution in [0.2, 0.25) is 0 Å². The number of anilines is 1. The van der Waals surface area contributed by atoms with Gasteiger partial charge >= 0.3 is 0 Å². The molecule has 0 radical (unpaired) electrons. The molecular weight excluding hydrogens is 257 g/mol. The van der Waals surface area contributed by atoms with E-state index in [1.165, 1.54) is 31.7 Å². The Kier molecular flexibility index (Phi) is 3.62. The van der Waals surface area contributed by atoms with Crippen LogP contribution >= 0.6 is 0 Å². The number of hydrogen-bond acceptors (Lipinski definition) is 4. The van der Waals surface area contributed by atoms with Crippen molar-refractivity contribution in [2.45, 2.75) is 44.6 Å². The van der Waals surface area contributed by atoms with Gasteiger partial charge in [0.15, 0.2) is 5.82 Å². The van der Waals surface area contributed by atoms with Crippen molar-refractivity contribution in [3.8, 4) is 11.4 Å². The lowest BCUT2D eigenvalue weighted by Gasteiger charge is -2.15. The maximum absolute atomic E-state index is 13.3. The van der Waals surface area contributed by atoms with E-state index in [-0.39, 0.29) is 5.69 Å². The molecule has 1 aromatic heterocycles. The number of nitrogen functional groups attached to an aromatic ring is 1. The third-order valence-corrected chi connectivity index (χ3v) is 3.92. The number of hydrogen-bond donors (Lipinski definition) is 1. The van der Waals surface area contributed by atoms with E-state index in [4.69, 9.17) is 5.73 Å². The van der Waals surface area contributed by atoms with Gasteiger partial charge < -0.3 is 5.73 Å². The van der Waals surface area contributed by atoms with E-state index in [0.717, 1.165) is 18.4 Å². The van der Waals surface area contributed by atoms with E-state index < -0.39 is 5.82 Å². The van der Waals surface area contributed by atoms with Crippen LogP contribution in [0.15, 0.2) is 18.2 Å². The topological polar surface area (TPSA) is 69.6 Å². The van der Waals surface area contributed by atoms with Crippen LogP contribution in [0.1, 0.15) is 44.6 Å². The molecule has 0 saturated heterocycles. The minimum atomic E-state index is -0.415. The van der Waals surface area contributed by atoms with Gasteiger partial charge in [0.2, 0.25) is 0 Å². The van der Waals surface area contributed by atoms with E-state index in [0.29, 0.717) is 11.9 Å². The molecule has 20 heavy (non-hydrogen) atoms. The zero-order chi connectivity index (χ0) is 13.9. The standard InChI is InChI=1S/C14H18FN5/c15-12-8-7-10(9-13(12)16)14-17-18-19-20(14)11-5-3-1-2-4-6-11/h7-9,11H,1-6,16H2. The van der Waals surface area contributed by atoms with Crippen molar-refractivity contribution in [3.63, 3.8) is 0 Å². The summed E-state index contributed by atoms with van der Waals surface area (Å²) in [6, 6.07) is 4.95. The van der Waals surface area contributed by atoms with Gasteiger partial charge in [0.05, 0.1) is 11.7 Å². The van der Waals surface area contributed by atoms with Crippen molar-refractivity contribution in [2.75, 3.05) is 5.73 Å². The Morgan fingerprint density at radius 3 is 2.60 bits per heavy atom. The summed E-state index contributed by atoms with van der Waals surface area (Å²) in [6.45, 7) is 0. The Hall–Kier alpha value is -1.98. The largest absolute Gasteiger partial charge is 0.396 e. The highest BCUT2D eigenvalue weighted by molar-refractivity contribution is 5.61. The number of halogens is 1. The number of benzene rings is 1. The first-order valence-corrected chi connectivity index (χ1v) is 7.09. The average Bonchev–Trinajstić information content (AvgIpc) is 2.77. The second-order valence-electron chi connectivity index (χ2n) is 5.33. The molecule has 1 saturated carbocycles. The van der Waals surface area contributed by atoms with E-state index in [1.807, 2.05) is 4.68 Å². The first-order valence-electron chi connectivity index (χ1n) is 7.09. The lowest BCUT2D eigenvalue weighted by Crippen LogP contribution is -2.12. The molecule has 106 valence electrons. The summed E-state index contributed by atoms with van der Waals surface area (Å²) < 4.78 is 15.1. The molecule has 1 heterocycles.